The Morgan fingerprint density at radius 2 is 1.88 bits per heavy atom. The molecular weight excluding hydrogens is 346 g/mol. The molecule has 26 heavy (non-hydrogen) atoms. The SMILES string of the molecule is Cc1ccccc1N=C1SCCN1C(=O)c1cnn(-c2ccccc2)n1. The highest BCUT2D eigenvalue weighted by Crippen LogP contribution is 2.26. The van der Waals surface area contributed by atoms with Crippen LogP contribution in [-0.4, -0.2) is 43.3 Å². The molecule has 130 valence electrons. The van der Waals surface area contributed by atoms with Crippen molar-refractivity contribution >= 4 is 28.5 Å². The summed E-state index contributed by atoms with van der Waals surface area (Å²) in [5.41, 5.74) is 3.09. The molecule has 6 nitrogen and oxygen atoms in total. The summed E-state index contributed by atoms with van der Waals surface area (Å²) in [6, 6.07) is 17.4. The quantitative estimate of drug-likeness (QED) is 0.715. The van der Waals surface area contributed by atoms with Crippen LogP contribution in [0.1, 0.15) is 16.1 Å². The molecule has 1 fully saturated rings. The molecule has 0 radical (unpaired) electrons. The largest absolute Gasteiger partial charge is 0.285 e. The van der Waals surface area contributed by atoms with Crippen molar-refractivity contribution in [3.05, 3.63) is 72.1 Å². The number of aliphatic imine (C=N–C) groups is 1. The monoisotopic (exact) mass is 363 g/mol. The molecule has 0 spiro atoms. The first-order valence-corrected chi connectivity index (χ1v) is 9.28. The van der Waals surface area contributed by atoms with Gasteiger partial charge in [-0.2, -0.15) is 9.90 Å². The number of aryl methyl sites for hydroxylation is 1. The van der Waals surface area contributed by atoms with Crippen molar-refractivity contribution < 1.29 is 4.79 Å². The fourth-order valence-corrected chi connectivity index (χ4v) is 3.61. The van der Waals surface area contributed by atoms with Gasteiger partial charge in [0.2, 0.25) is 0 Å². The summed E-state index contributed by atoms with van der Waals surface area (Å²) in [6.45, 7) is 2.63. The van der Waals surface area contributed by atoms with Gasteiger partial charge in [0.05, 0.1) is 17.6 Å². The molecule has 0 unspecified atom stereocenters. The van der Waals surface area contributed by atoms with E-state index in [0.717, 1.165) is 22.7 Å². The molecule has 3 aromatic rings. The number of hydrogen-bond acceptors (Lipinski definition) is 5. The number of benzene rings is 2. The third-order valence-electron chi connectivity index (χ3n) is 4.05. The predicted octanol–water partition coefficient (Wildman–Crippen LogP) is 3.45. The number of nitrogens with zero attached hydrogens (tertiary/aromatic N) is 5. The molecule has 2 aromatic carbocycles. The number of amidine groups is 1. The van der Waals surface area contributed by atoms with Gasteiger partial charge >= 0.3 is 0 Å². The van der Waals surface area contributed by atoms with Gasteiger partial charge in [0.1, 0.15) is 0 Å². The van der Waals surface area contributed by atoms with Crippen LogP contribution in [0.25, 0.3) is 5.69 Å². The topological polar surface area (TPSA) is 63.4 Å². The average Bonchev–Trinajstić information content (AvgIpc) is 3.33. The number of thioether (sulfide) groups is 1. The van der Waals surface area contributed by atoms with E-state index < -0.39 is 0 Å². The Labute approximate surface area is 155 Å². The van der Waals surface area contributed by atoms with Crippen LogP contribution in [0.5, 0.6) is 0 Å². The van der Waals surface area contributed by atoms with Crippen LogP contribution in [0.4, 0.5) is 5.69 Å². The zero-order valence-electron chi connectivity index (χ0n) is 14.2. The lowest BCUT2D eigenvalue weighted by Gasteiger charge is -2.14. The van der Waals surface area contributed by atoms with Gasteiger partial charge in [-0.1, -0.05) is 48.2 Å². The highest BCUT2D eigenvalue weighted by atomic mass is 32.2. The number of rotatable bonds is 3. The van der Waals surface area contributed by atoms with E-state index >= 15 is 0 Å². The third kappa shape index (κ3) is 3.25. The number of carbonyl (C=O) groups excluding carboxylic acids is 1. The summed E-state index contributed by atoms with van der Waals surface area (Å²) in [5.74, 6) is 0.646. The number of aromatic nitrogens is 3. The minimum atomic E-state index is -0.176. The van der Waals surface area contributed by atoms with Crippen LogP contribution in [0.3, 0.4) is 0 Å². The van der Waals surface area contributed by atoms with Gasteiger partial charge in [0.15, 0.2) is 10.9 Å². The van der Waals surface area contributed by atoms with E-state index in [1.807, 2.05) is 61.5 Å². The van der Waals surface area contributed by atoms with E-state index in [0.29, 0.717) is 17.4 Å². The normalized spacial score (nSPS) is 15.6. The van der Waals surface area contributed by atoms with Gasteiger partial charge in [-0.3, -0.25) is 9.69 Å². The van der Waals surface area contributed by atoms with Crippen LogP contribution >= 0.6 is 11.8 Å². The second kappa shape index (κ2) is 7.13. The lowest BCUT2D eigenvalue weighted by molar-refractivity contribution is 0.0853. The lowest BCUT2D eigenvalue weighted by Crippen LogP contribution is -2.32. The first-order chi connectivity index (χ1) is 12.7. The van der Waals surface area contributed by atoms with Crippen molar-refractivity contribution in [1.82, 2.24) is 19.9 Å². The van der Waals surface area contributed by atoms with Crippen LogP contribution in [0.15, 0.2) is 65.8 Å². The molecular formula is C19H17N5OS. The van der Waals surface area contributed by atoms with E-state index in [2.05, 4.69) is 15.2 Å². The Balaban J connectivity index is 1.60. The fraction of sp³-hybridized carbons (Fsp3) is 0.158. The summed E-state index contributed by atoms with van der Waals surface area (Å²) in [7, 11) is 0. The second-order valence-electron chi connectivity index (χ2n) is 5.84. The van der Waals surface area contributed by atoms with E-state index in [1.165, 1.54) is 11.0 Å². The maximum absolute atomic E-state index is 12.9. The minimum absolute atomic E-state index is 0.176. The Morgan fingerprint density at radius 3 is 2.69 bits per heavy atom. The zero-order chi connectivity index (χ0) is 17.9. The summed E-state index contributed by atoms with van der Waals surface area (Å²) in [4.78, 5) is 20.7. The predicted molar refractivity (Wildman–Crippen MR) is 103 cm³/mol. The van der Waals surface area contributed by atoms with Gasteiger partial charge in [-0.05, 0) is 30.7 Å². The number of para-hydroxylation sites is 2. The van der Waals surface area contributed by atoms with Crippen LogP contribution < -0.4 is 0 Å². The molecule has 1 aliphatic rings. The lowest BCUT2D eigenvalue weighted by atomic mass is 10.2. The zero-order valence-corrected chi connectivity index (χ0v) is 15.1. The summed E-state index contributed by atoms with van der Waals surface area (Å²) in [5, 5.41) is 9.25. The third-order valence-corrected chi connectivity index (χ3v) is 5.01. The molecule has 0 aliphatic carbocycles. The van der Waals surface area contributed by atoms with Gasteiger partial charge in [0, 0.05) is 12.3 Å². The van der Waals surface area contributed by atoms with E-state index in [9.17, 15) is 4.79 Å². The average molecular weight is 363 g/mol. The van der Waals surface area contributed by atoms with Gasteiger partial charge in [-0.15, -0.1) is 5.10 Å². The van der Waals surface area contributed by atoms with Gasteiger partial charge in [-0.25, -0.2) is 4.99 Å². The van der Waals surface area contributed by atoms with Crippen molar-refractivity contribution in [2.45, 2.75) is 6.92 Å². The molecule has 1 saturated heterocycles. The Bertz CT molecular complexity index is 967. The van der Waals surface area contributed by atoms with Crippen molar-refractivity contribution in [2.24, 2.45) is 4.99 Å². The maximum atomic E-state index is 12.9. The first kappa shape index (κ1) is 16.5. The van der Waals surface area contributed by atoms with Crippen molar-refractivity contribution in [3.8, 4) is 5.69 Å². The molecule has 7 heteroatoms. The first-order valence-electron chi connectivity index (χ1n) is 8.29. The summed E-state index contributed by atoms with van der Waals surface area (Å²) in [6.07, 6.45) is 1.50. The standard InChI is InChI=1S/C19H17N5OS/c1-14-7-5-6-10-16(14)21-19-23(11-12-26-19)18(25)17-13-20-24(22-17)15-8-3-2-4-9-15/h2-10,13H,11-12H2,1H3. The van der Waals surface area contributed by atoms with E-state index in [-0.39, 0.29) is 5.91 Å². The molecule has 0 N–H and O–H groups in total. The molecule has 2 heterocycles. The van der Waals surface area contributed by atoms with Gasteiger partial charge in [0.25, 0.3) is 5.91 Å². The van der Waals surface area contributed by atoms with Crippen molar-refractivity contribution in [2.75, 3.05) is 12.3 Å². The van der Waals surface area contributed by atoms with E-state index in [1.54, 1.807) is 16.7 Å². The van der Waals surface area contributed by atoms with E-state index in [4.69, 9.17) is 0 Å². The molecule has 1 aliphatic heterocycles. The molecule has 0 bridgehead atoms. The number of hydrogen-bond donors (Lipinski definition) is 0. The second-order valence-corrected chi connectivity index (χ2v) is 6.90. The molecule has 1 amide bonds. The minimum Gasteiger partial charge on any atom is -0.285 e. The Hall–Kier alpha value is -2.93. The Kier molecular flexibility index (Phi) is 4.53. The molecule has 1 aromatic heterocycles. The molecule has 0 saturated carbocycles. The van der Waals surface area contributed by atoms with Crippen molar-refractivity contribution in [1.29, 1.82) is 0 Å². The smallest absolute Gasteiger partial charge is 0.282 e. The van der Waals surface area contributed by atoms with Crippen LogP contribution in [0, 0.1) is 6.92 Å². The van der Waals surface area contributed by atoms with Crippen LogP contribution in [-0.2, 0) is 0 Å². The molecule has 4 rings (SSSR count). The molecule has 0 atom stereocenters. The summed E-state index contributed by atoms with van der Waals surface area (Å²) >= 11 is 1.58. The maximum Gasteiger partial charge on any atom is 0.282 e. The Morgan fingerprint density at radius 1 is 1.12 bits per heavy atom. The van der Waals surface area contributed by atoms with Crippen LogP contribution in [0.2, 0.25) is 0 Å². The van der Waals surface area contributed by atoms with Gasteiger partial charge < -0.3 is 0 Å². The highest BCUT2D eigenvalue weighted by molar-refractivity contribution is 8.14. The van der Waals surface area contributed by atoms with Crippen molar-refractivity contribution in [3.63, 3.8) is 0 Å². The summed E-state index contributed by atoms with van der Waals surface area (Å²) < 4.78 is 0. The fourth-order valence-electron chi connectivity index (χ4n) is 2.66. The number of amides is 1. The number of carbonyl (C=O) groups is 1. The highest BCUT2D eigenvalue weighted by Gasteiger charge is 2.28.